The molecule has 0 aromatic heterocycles. The van der Waals surface area contributed by atoms with Crippen LogP contribution >= 0.6 is 0 Å². The standard InChI is InChI=1S/C33H52F4O/c1-2-3-4-5-26-12-21-32(38-23-26)30-15-10-25(11-16-30)7-6-24-8-13-27(14-9-24)28-17-19-29(20-18-28)31(34)22-33(35,36)37/h6-7,22,24-30,32H,2-5,8-21,23H2,1H3/b7-6+,31-22-. The van der Waals surface area contributed by atoms with Gasteiger partial charge in [-0.05, 0) is 132 Å². The summed E-state index contributed by atoms with van der Waals surface area (Å²) >= 11 is 0. The molecular formula is C33H52F4O. The fraction of sp³-hybridized carbons (Fsp3) is 0.879. The second-order valence-electron chi connectivity index (χ2n) is 13.2. The van der Waals surface area contributed by atoms with Crippen molar-refractivity contribution in [3.05, 3.63) is 24.1 Å². The third-order valence-electron chi connectivity index (χ3n) is 10.6. The molecule has 4 aliphatic rings. The van der Waals surface area contributed by atoms with E-state index in [1.807, 2.05) is 0 Å². The zero-order valence-electron chi connectivity index (χ0n) is 23.7. The van der Waals surface area contributed by atoms with E-state index in [9.17, 15) is 17.6 Å². The van der Waals surface area contributed by atoms with Crippen LogP contribution in [-0.4, -0.2) is 18.9 Å². The van der Waals surface area contributed by atoms with Gasteiger partial charge in [0.15, 0.2) is 0 Å². The molecule has 0 N–H and O–H groups in total. The Labute approximate surface area is 229 Å². The van der Waals surface area contributed by atoms with Crippen LogP contribution in [0.4, 0.5) is 17.6 Å². The third kappa shape index (κ3) is 9.37. The van der Waals surface area contributed by atoms with Crippen molar-refractivity contribution in [3.63, 3.8) is 0 Å². The fourth-order valence-corrected chi connectivity index (χ4v) is 8.08. The highest BCUT2D eigenvalue weighted by Gasteiger charge is 2.34. The van der Waals surface area contributed by atoms with Crippen LogP contribution in [0.25, 0.3) is 0 Å². The SMILES string of the molecule is CCCCCC1CCC(C2CCC(/C=C/C3CCC(C4CCC(/C(F)=C/C(F)(F)F)CC4)CC3)CC2)OC1. The highest BCUT2D eigenvalue weighted by atomic mass is 19.4. The maximum atomic E-state index is 13.9. The average molecular weight is 541 g/mol. The molecular weight excluding hydrogens is 488 g/mol. The van der Waals surface area contributed by atoms with E-state index >= 15 is 0 Å². The molecule has 4 fully saturated rings. The molecule has 0 radical (unpaired) electrons. The van der Waals surface area contributed by atoms with E-state index in [-0.39, 0.29) is 6.08 Å². The molecule has 2 unspecified atom stereocenters. The molecule has 1 nitrogen and oxygen atoms in total. The zero-order chi connectivity index (χ0) is 27.0. The van der Waals surface area contributed by atoms with Crippen LogP contribution < -0.4 is 0 Å². The minimum absolute atomic E-state index is 0.129. The molecule has 218 valence electrons. The smallest absolute Gasteiger partial charge is 0.378 e. The van der Waals surface area contributed by atoms with Gasteiger partial charge in [-0.3, -0.25) is 0 Å². The lowest BCUT2D eigenvalue weighted by atomic mass is 9.69. The Hall–Kier alpha value is -0.840. The average Bonchev–Trinajstić information content (AvgIpc) is 2.92. The highest BCUT2D eigenvalue weighted by molar-refractivity contribution is 5.04. The summed E-state index contributed by atoms with van der Waals surface area (Å²) in [5.41, 5.74) is 0. The molecule has 1 saturated heterocycles. The summed E-state index contributed by atoms with van der Waals surface area (Å²) in [6.07, 6.45) is 21.9. The minimum Gasteiger partial charge on any atom is -0.378 e. The summed E-state index contributed by atoms with van der Waals surface area (Å²) in [6, 6.07) is 0. The second kappa shape index (κ2) is 14.7. The zero-order valence-corrected chi connectivity index (χ0v) is 23.7. The molecule has 0 spiro atoms. The van der Waals surface area contributed by atoms with Crippen LogP contribution in [0.15, 0.2) is 24.1 Å². The maximum absolute atomic E-state index is 13.9. The fourth-order valence-electron chi connectivity index (χ4n) is 8.08. The number of alkyl halides is 3. The Morgan fingerprint density at radius 3 is 1.76 bits per heavy atom. The number of ether oxygens (including phenoxy) is 1. The molecule has 38 heavy (non-hydrogen) atoms. The Morgan fingerprint density at radius 2 is 1.26 bits per heavy atom. The van der Waals surface area contributed by atoms with Gasteiger partial charge in [0.2, 0.25) is 0 Å². The van der Waals surface area contributed by atoms with Gasteiger partial charge >= 0.3 is 6.18 Å². The van der Waals surface area contributed by atoms with Crippen molar-refractivity contribution in [1.82, 2.24) is 0 Å². The van der Waals surface area contributed by atoms with Crippen molar-refractivity contribution in [2.24, 2.45) is 41.4 Å². The molecule has 1 heterocycles. The van der Waals surface area contributed by atoms with E-state index in [2.05, 4.69) is 19.1 Å². The van der Waals surface area contributed by atoms with E-state index in [4.69, 9.17) is 4.74 Å². The van der Waals surface area contributed by atoms with Crippen LogP contribution in [0.2, 0.25) is 0 Å². The normalized spacial score (nSPS) is 38.0. The van der Waals surface area contributed by atoms with Crippen molar-refractivity contribution < 1.29 is 22.3 Å². The van der Waals surface area contributed by atoms with E-state index < -0.39 is 17.9 Å². The Bertz CT molecular complexity index is 727. The molecule has 3 aliphatic carbocycles. The van der Waals surface area contributed by atoms with E-state index in [0.717, 1.165) is 37.2 Å². The van der Waals surface area contributed by atoms with E-state index in [1.54, 1.807) is 0 Å². The first kappa shape index (κ1) is 30.1. The Morgan fingerprint density at radius 1 is 0.711 bits per heavy atom. The van der Waals surface area contributed by atoms with Gasteiger partial charge in [-0.2, -0.15) is 13.2 Å². The van der Waals surface area contributed by atoms with Gasteiger partial charge in [-0.15, -0.1) is 0 Å². The number of hydrogen-bond donors (Lipinski definition) is 0. The molecule has 0 aromatic carbocycles. The lowest BCUT2D eigenvalue weighted by Crippen LogP contribution is -2.34. The molecule has 1 aliphatic heterocycles. The van der Waals surface area contributed by atoms with Gasteiger partial charge in [0.05, 0.1) is 12.2 Å². The molecule has 2 atom stereocenters. The van der Waals surface area contributed by atoms with Crippen molar-refractivity contribution in [1.29, 1.82) is 0 Å². The van der Waals surface area contributed by atoms with Gasteiger partial charge in [-0.25, -0.2) is 4.39 Å². The van der Waals surface area contributed by atoms with Crippen LogP contribution in [0.5, 0.6) is 0 Å². The van der Waals surface area contributed by atoms with Crippen molar-refractivity contribution in [2.45, 2.75) is 135 Å². The number of hydrogen-bond acceptors (Lipinski definition) is 1. The summed E-state index contributed by atoms with van der Waals surface area (Å²) in [5.74, 6) is 2.72. The number of unbranched alkanes of at least 4 members (excludes halogenated alkanes) is 2. The first-order chi connectivity index (χ1) is 18.3. The third-order valence-corrected chi connectivity index (χ3v) is 10.6. The van der Waals surface area contributed by atoms with Gasteiger partial charge in [-0.1, -0.05) is 38.3 Å². The lowest BCUT2D eigenvalue weighted by molar-refractivity contribution is -0.0821. The maximum Gasteiger partial charge on any atom is 0.412 e. The number of allylic oxidation sites excluding steroid dienone is 4. The number of rotatable bonds is 9. The second-order valence-corrected chi connectivity index (χ2v) is 13.2. The monoisotopic (exact) mass is 540 g/mol. The summed E-state index contributed by atoms with van der Waals surface area (Å²) in [5, 5.41) is 0. The van der Waals surface area contributed by atoms with Crippen molar-refractivity contribution in [3.8, 4) is 0 Å². The van der Waals surface area contributed by atoms with Crippen LogP contribution in [0, 0.1) is 41.4 Å². The van der Waals surface area contributed by atoms with Gasteiger partial charge in [0, 0.05) is 12.5 Å². The van der Waals surface area contributed by atoms with E-state index in [0.29, 0.717) is 36.7 Å². The molecule has 0 aromatic rings. The summed E-state index contributed by atoms with van der Waals surface area (Å²) in [6.45, 7) is 3.27. The van der Waals surface area contributed by atoms with Crippen LogP contribution in [0.1, 0.15) is 122 Å². The quantitative estimate of drug-likeness (QED) is 0.161. The number of halogens is 4. The molecule has 0 bridgehead atoms. The molecule has 4 rings (SSSR count). The minimum atomic E-state index is -4.55. The predicted molar refractivity (Wildman–Crippen MR) is 147 cm³/mol. The Balaban J connectivity index is 1.09. The van der Waals surface area contributed by atoms with Crippen LogP contribution in [0.3, 0.4) is 0 Å². The van der Waals surface area contributed by atoms with Crippen molar-refractivity contribution >= 4 is 0 Å². The van der Waals surface area contributed by atoms with Gasteiger partial charge < -0.3 is 4.74 Å². The highest BCUT2D eigenvalue weighted by Crippen LogP contribution is 2.44. The van der Waals surface area contributed by atoms with Crippen molar-refractivity contribution in [2.75, 3.05) is 6.61 Å². The Kier molecular flexibility index (Phi) is 11.6. The van der Waals surface area contributed by atoms with Gasteiger partial charge in [0.1, 0.15) is 5.83 Å². The topological polar surface area (TPSA) is 9.23 Å². The first-order valence-electron chi connectivity index (χ1n) is 16.1. The summed E-state index contributed by atoms with van der Waals surface area (Å²) < 4.78 is 57.7. The van der Waals surface area contributed by atoms with Gasteiger partial charge in [0.25, 0.3) is 0 Å². The summed E-state index contributed by atoms with van der Waals surface area (Å²) in [4.78, 5) is 0. The first-order valence-corrected chi connectivity index (χ1v) is 16.1. The largest absolute Gasteiger partial charge is 0.412 e. The lowest BCUT2D eigenvalue weighted by Gasteiger charge is -2.38. The molecule has 5 heteroatoms. The summed E-state index contributed by atoms with van der Waals surface area (Å²) in [7, 11) is 0. The molecule has 3 saturated carbocycles. The molecule has 0 amide bonds. The predicted octanol–water partition coefficient (Wildman–Crippen LogP) is 10.8. The van der Waals surface area contributed by atoms with E-state index in [1.165, 1.54) is 89.9 Å². The van der Waals surface area contributed by atoms with Crippen LogP contribution in [-0.2, 0) is 4.74 Å².